The third-order valence-electron chi connectivity index (χ3n) is 4.86. The van der Waals surface area contributed by atoms with Crippen LogP contribution < -0.4 is 16.6 Å². The molecule has 0 atom stereocenters. The Kier molecular flexibility index (Phi) is 3.95. The zero-order valence-electron chi connectivity index (χ0n) is 14.4. The lowest BCUT2D eigenvalue weighted by atomic mass is 9.90. The first-order valence-electron chi connectivity index (χ1n) is 8.59. The number of hydrogen-bond acceptors (Lipinski definition) is 4. The van der Waals surface area contributed by atoms with Crippen LogP contribution in [0.15, 0.2) is 34.1 Å². The van der Waals surface area contributed by atoms with Gasteiger partial charge in [-0.3, -0.25) is 19.1 Å². The lowest BCUT2D eigenvalue weighted by molar-refractivity contribution is -0.116. The van der Waals surface area contributed by atoms with Gasteiger partial charge in [0.2, 0.25) is 5.91 Å². The number of nitrogens with zero attached hydrogens (tertiary/aromatic N) is 3. The minimum Gasteiger partial charge on any atom is -0.324 e. The van der Waals surface area contributed by atoms with Crippen molar-refractivity contribution in [3.8, 4) is 0 Å². The number of amides is 1. The third kappa shape index (κ3) is 2.73. The molecule has 1 amide bonds. The maximum absolute atomic E-state index is 12.5. The van der Waals surface area contributed by atoms with Gasteiger partial charge in [0.1, 0.15) is 6.54 Å². The highest BCUT2D eigenvalue weighted by molar-refractivity contribution is 5.92. The van der Waals surface area contributed by atoms with E-state index in [1.54, 1.807) is 0 Å². The van der Waals surface area contributed by atoms with Gasteiger partial charge in [-0.2, -0.15) is 0 Å². The lowest BCUT2D eigenvalue weighted by Crippen LogP contribution is -2.33. The molecule has 2 N–H and O–H groups in total. The van der Waals surface area contributed by atoms with Gasteiger partial charge in [0, 0.05) is 12.7 Å². The Labute approximate surface area is 148 Å². The molecule has 1 aromatic carbocycles. The number of rotatable bonds is 3. The topological polar surface area (TPSA) is 102 Å². The summed E-state index contributed by atoms with van der Waals surface area (Å²) < 4.78 is 2.42. The number of carbonyl (C=O) groups excluding carboxylic acids is 1. The van der Waals surface area contributed by atoms with Crippen LogP contribution in [0.2, 0.25) is 0 Å². The molecule has 4 rings (SSSR count). The van der Waals surface area contributed by atoms with Gasteiger partial charge >= 0.3 is 5.69 Å². The molecule has 2 heterocycles. The predicted molar refractivity (Wildman–Crippen MR) is 97.3 cm³/mol. The monoisotopic (exact) mass is 353 g/mol. The summed E-state index contributed by atoms with van der Waals surface area (Å²) in [5.74, 6) is -0.239. The number of carbonyl (C=O) groups is 1. The SMILES string of the molecule is Cn1c(=O)[nH]c2ncn(CC(=O)Nc3cccc4c3CCCC4)c2c1=O. The van der Waals surface area contributed by atoms with Crippen LogP contribution in [0.1, 0.15) is 24.0 Å². The Hall–Kier alpha value is -3.16. The highest BCUT2D eigenvalue weighted by Crippen LogP contribution is 2.27. The van der Waals surface area contributed by atoms with Gasteiger partial charge in [0.25, 0.3) is 5.56 Å². The third-order valence-corrected chi connectivity index (χ3v) is 4.86. The first-order valence-corrected chi connectivity index (χ1v) is 8.59. The van der Waals surface area contributed by atoms with Crippen molar-refractivity contribution >= 4 is 22.8 Å². The summed E-state index contributed by atoms with van der Waals surface area (Å²) in [6.07, 6.45) is 5.68. The van der Waals surface area contributed by atoms with E-state index >= 15 is 0 Å². The van der Waals surface area contributed by atoms with Crippen LogP contribution in [0.4, 0.5) is 5.69 Å². The maximum atomic E-state index is 12.5. The molecule has 0 bridgehead atoms. The number of aryl methyl sites for hydroxylation is 1. The Morgan fingerprint density at radius 1 is 1.27 bits per heavy atom. The summed E-state index contributed by atoms with van der Waals surface area (Å²) in [7, 11) is 1.38. The van der Waals surface area contributed by atoms with Crippen molar-refractivity contribution < 1.29 is 4.79 Å². The largest absolute Gasteiger partial charge is 0.329 e. The van der Waals surface area contributed by atoms with Crippen molar-refractivity contribution in [1.29, 1.82) is 0 Å². The minimum atomic E-state index is -0.534. The van der Waals surface area contributed by atoms with Gasteiger partial charge in [0.05, 0.1) is 6.33 Å². The van der Waals surface area contributed by atoms with Gasteiger partial charge in [-0.25, -0.2) is 9.78 Å². The second-order valence-electron chi connectivity index (χ2n) is 6.56. The zero-order valence-corrected chi connectivity index (χ0v) is 14.4. The van der Waals surface area contributed by atoms with Crippen LogP contribution in [0.3, 0.4) is 0 Å². The molecule has 1 aliphatic rings. The molecule has 26 heavy (non-hydrogen) atoms. The van der Waals surface area contributed by atoms with E-state index in [1.807, 2.05) is 12.1 Å². The Morgan fingerprint density at radius 3 is 2.92 bits per heavy atom. The Balaban J connectivity index is 1.62. The number of H-pyrrole nitrogens is 1. The van der Waals surface area contributed by atoms with E-state index in [0.717, 1.165) is 29.5 Å². The average Bonchev–Trinajstić information content (AvgIpc) is 3.02. The molecule has 1 aliphatic carbocycles. The predicted octanol–water partition coefficient (Wildman–Crippen LogP) is 0.941. The molecule has 0 saturated carbocycles. The maximum Gasteiger partial charge on any atom is 0.329 e. The number of aromatic amines is 1. The van der Waals surface area contributed by atoms with Crippen LogP contribution in [0.5, 0.6) is 0 Å². The van der Waals surface area contributed by atoms with E-state index in [-0.39, 0.29) is 23.6 Å². The Bertz CT molecular complexity index is 1120. The smallest absolute Gasteiger partial charge is 0.324 e. The molecule has 8 nitrogen and oxygen atoms in total. The highest BCUT2D eigenvalue weighted by Gasteiger charge is 2.16. The highest BCUT2D eigenvalue weighted by atomic mass is 16.2. The number of fused-ring (bicyclic) bond motifs is 2. The van der Waals surface area contributed by atoms with Crippen LogP contribution in [0, 0.1) is 0 Å². The number of aromatic nitrogens is 4. The van der Waals surface area contributed by atoms with Gasteiger partial charge < -0.3 is 9.88 Å². The number of imidazole rings is 1. The van der Waals surface area contributed by atoms with E-state index in [4.69, 9.17) is 0 Å². The number of nitrogens with one attached hydrogen (secondary N) is 2. The summed E-state index contributed by atoms with van der Waals surface area (Å²) in [6, 6.07) is 5.96. The fourth-order valence-electron chi connectivity index (χ4n) is 3.50. The van der Waals surface area contributed by atoms with Crippen molar-refractivity contribution in [2.75, 3.05) is 5.32 Å². The Morgan fingerprint density at radius 2 is 2.08 bits per heavy atom. The van der Waals surface area contributed by atoms with Crippen molar-refractivity contribution in [2.24, 2.45) is 7.05 Å². The van der Waals surface area contributed by atoms with Gasteiger partial charge in [-0.05, 0) is 42.9 Å². The molecule has 0 unspecified atom stereocenters. The first-order chi connectivity index (χ1) is 12.5. The molecule has 2 aromatic heterocycles. The summed E-state index contributed by atoms with van der Waals surface area (Å²) in [5, 5.41) is 2.95. The van der Waals surface area contributed by atoms with E-state index in [9.17, 15) is 14.4 Å². The van der Waals surface area contributed by atoms with E-state index in [2.05, 4.69) is 21.4 Å². The molecule has 0 aliphatic heterocycles. The molecule has 0 spiro atoms. The standard InChI is InChI=1S/C18H19N5O3/c1-22-17(25)15-16(21-18(22)26)19-10-23(15)9-14(24)20-13-8-4-6-11-5-2-3-7-12(11)13/h4,6,8,10H,2-3,5,7,9H2,1H3,(H,20,24)(H,21,26). The zero-order chi connectivity index (χ0) is 18.3. The van der Waals surface area contributed by atoms with E-state index < -0.39 is 11.2 Å². The van der Waals surface area contributed by atoms with Crippen LogP contribution >= 0.6 is 0 Å². The van der Waals surface area contributed by atoms with Gasteiger partial charge in [0.15, 0.2) is 11.2 Å². The van der Waals surface area contributed by atoms with E-state index in [0.29, 0.717) is 0 Å². The van der Waals surface area contributed by atoms with E-state index in [1.165, 1.54) is 35.5 Å². The average molecular weight is 353 g/mol. The second kappa shape index (κ2) is 6.29. The number of benzene rings is 1. The van der Waals surface area contributed by atoms with Crippen molar-refractivity contribution in [3.05, 3.63) is 56.5 Å². The minimum absolute atomic E-state index is 0.0541. The van der Waals surface area contributed by atoms with Crippen LogP contribution in [0.25, 0.3) is 11.2 Å². The molecular formula is C18H19N5O3. The molecule has 0 radical (unpaired) electrons. The quantitative estimate of drug-likeness (QED) is 0.731. The summed E-state index contributed by atoms with van der Waals surface area (Å²) in [6.45, 7) is -0.0541. The molecule has 134 valence electrons. The van der Waals surface area contributed by atoms with Gasteiger partial charge in [-0.1, -0.05) is 12.1 Å². The first kappa shape index (κ1) is 16.3. The summed E-state index contributed by atoms with van der Waals surface area (Å²) in [5.41, 5.74) is 2.69. The number of anilines is 1. The van der Waals surface area contributed by atoms with Crippen LogP contribution in [-0.4, -0.2) is 25.0 Å². The van der Waals surface area contributed by atoms with Gasteiger partial charge in [-0.15, -0.1) is 0 Å². The van der Waals surface area contributed by atoms with Crippen molar-refractivity contribution in [2.45, 2.75) is 32.2 Å². The molecular weight excluding hydrogens is 334 g/mol. The second-order valence-corrected chi connectivity index (χ2v) is 6.56. The van der Waals surface area contributed by atoms with Crippen molar-refractivity contribution in [1.82, 2.24) is 19.1 Å². The molecule has 0 saturated heterocycles. The molecule has 8 heteroatoms. The molecule has 3 aromatic rings. The number of hydrogen-bond donors (Lipinski definition) is 2. The fourth-order valence-corrected chi connectivity index (χ4v) is 3.50. The molecule has 0 fully saturated rings. The van der Waals surface area contributed by atoms with Crippen LogP contribution in [-0.2, 0) is 31.2 Å². The summed E-state index contributed by atoms with van der Waals surface area (Å²) in [4.78, 5) is 43.0. The fraction of sp³-hybridized carbons (Fsp3) is 0.333. The van der Waals surface area contributed by atoms with Crippen molar-refractivity contribution in [3.63, 3.8) is 0 Å². The normalized spacial score (nSPS) is 13.6. The summed E-state index contributed by atoms with van der Waals surface area (Å²) >= 11 is 0. The lowest BCUT2D eigenvalue weighted by Gasteiger charge is -2.19.